The number of hydrogen-bond acceptors (Lipinski definition) is 1. The molecule has 0 aliphatic heterocycles. The van der Waals surface area contributed by atoms with E-state index in [1.54, 1.807) is 18.2 Å². The van der Waals surface area contributed by atoms with E-state index in [1.807, 2.05) is 6.92 Å². The summed E-state index contributed by atoms with van der Waals surface area (Å²) in [6.07, 6.45) is 0.971. The van der Waals surface area contributed by atoms with Gasteiger partial charge >= 0.3 is 0 Å². The first kappa shape index (κ1) is 14.2. The summed E-state index contributed by atoms with van der Waals surface area (Å²) in [5, 5.41) is 0. The van der Waals surface area contributed by atoms with Crippen LogP contribution in [0.1, 0.15) is 34.0 Å². The highest BCUT2D eigenvalue weighted by Crippen LogP contribution is 2.19. The molecule has 0 aliphatic rings. The number of hydrogen-bond donors (Lipinski definition) is 1. The van der Waals surface area contributed by atoms with E-state index in [1.165, 1.54) is 6.07 Å². The van der Waals surface area contributed by atoms with Crippen LogP contribution in [0.5, 0.6) is 0 Å². The Labute approximate surface area is 116 Å². The molecular formula is C16H15F2NO. The monoisotopic (exact) mass is 275 g/mol. The molecule has 1 amide bonds. The van der Waals surface area contributed by atoms with E-state index in [-0.39, 0.29) is 6.42 Å². The summed E-state index contributed by atoms with van der Waals surface area (Å²) >= 11 is 0. The van der Waals surface area contributed by atoms with Gasteiger partial charge in [0.05, 0.1) is 0 Å². The third kappa shape index (κ3) is 3.02. The molecule has 0 radical (unpaired) electrons. The average molecular weight is 275 g/mol. The SMILES string of the molecule is CCc1cc(C(N)=O)ccc1Cc1cc(F)ccc1F. The van der Waals surface area contributed by atoms with Gasteiger partial charge in [0.1, 0.15) is 11.6 Å². The number of carbonyl (C=O) groups excluding carboxylic acids is 1. The number of carbonyl (C=O) groups is 1. The highest BCUT2D eigenvalue weighted by Gasteiger charge is 2.10. The number of halogens is 2. The smallest absolute Gasteiger partial charge is 0.248 e. The van der Waals surface area contributed by atoms with Gasteiger partial charge in [-0.2, -0.15) is 0 Å². The van der Waals surface area contributed by atoms with Gasteiger partial charge in [0, 0.05) is 12.0 Å². The fourth-order valence-electron chi connectivity index (χ4n) is 2.16. The lowest BCUT2D eigenvalue weighted by atomic mass is 9.96. The molecule has 0 saturated heterocycles. The first-order valence-electron chi connectivity index (χ1n) is 6.36. The van der Waals surface area contributed by atoms with Gasteiger partial charge in [0.25, 0.3) is 0 Å². The Morgan fingerprint density at radius 1 is 1.05 bits per heavy atom. The highest BCUT2D eigenvalue weighted by molar-refractivity contribution is 5.93. The number of primary amides is 1. The fourth-order valence-corrected chi connectivity index (χ4v) is 2.16. The Kier molecular flexibility index (Phi) is 4.13. The van der Waals surface area contributed by atoms with Crippen molar-refractivity contribution in [1.82, 2.24) is 0 Å². The van der Waals surface area contributed by atoms with E-state index in [2.05, 4.69) is 0 Å². The van der Waals surface area contributed by atoms with Crippen LogP contribution < -0.4 is 5.73 Å². The molecule has 104 valence electrons. The Bertz CT molecular complexity index is 653. The zero-order valence-corrected chi connectivity index (χ0v) is 11.1. The van der Waals surface area contributed by atoms with Gasteiger partial charge in [-0.25, -0.2) is 8.78 Å². The Balaban J connectivity index is 2.38. The molecule has 2 aromatic rings. The van der Waals surface area contributed by atoms with Gasteiger partial charge in [0.2, 0.25) is 5.91 Å². The molecule has 0 heterocycles. The van der Waals surface area contributed by atoms with Crippen molar-refractivity contribution < 1.29 is 13.6 Å². The summed E-state index contributed by atoms with van der Waals surface area (Å²) in [7, 11) is 0. The maximum atomic E-state index is 13.7. The number of benzene rings is 2. The van der Waals surface area contributed by atoms with Gasteiger partial charge in [-0.1, -0.05) is 13.0 Å². The standard InChI is InChI=1S/C16H15F2NO/c1-2-10-7-12(16(19)20)4-3-11(10)8-13-9-14(17)5-6-15(13)18/h3-7,9H,2,8H2,1H3,(H2,19,20). The summed E-state index contributed by atoms with van der Waals surface area (Å²) in [6, 6.07) is 8.45. The predicted octanol–water partition coefficient (Wildman–Crippen LogP) is 3.22. The maximum absolute atomic E-state index is 13.7. The van der Waals surface area contributed by atoms with Crippen LogP contribution in [0, 0.1) is 11.6 Å². The zero-order chi connectivity index (χ0) is 14.7. The zero-order valence-electron chi connectivity index (χ0n) is 11.1. The molecule has 0 atom stereocenters. The summed E-state index contributed by atoms with van der Waals surface area (Å²) in [5.41, 5.74) is 7.73. The largest absolute Gasteiger partial charge is 0.366 e. The van der Waals surface area contributed by atoms with Crippen molar-refractivity contribution in [3.63, 3.8) is 0 Å². The van der Waals surface area contributed by atoms with Gasteiger partial charge in [-0.15, -0.1) is 0 Å². The molecule has 4 heteroatoms. The number of rotatable bonds is 4. The van der Waals surface area contributed by atoms with Crippen molar-refractivity contribution in [2.45, 2.75) is 19.8 Å². The normalized spacial score (nSPS) is 10.6. The molecule has 0 bridgehead atoms. The van der Waals surface area contributed by atoms with Crippen LogP contribution in [0.2, 0.25) is 0 Å². The van der Waals surface area contributed by atoms with Gasteiger partial charge in [-0.05, 0) is 53.4 Å². The Morgan fingerprint density at radius 3 is 2.45 bits per heavy atom. The summed E-state index contributed by atoms with van der Waals surface area (Å²) < 4.78 is 26.8. The summed E-state index contributed by atoms with van der Waals surface area (Å²) in [5.74, 6) is -1.40. The first-order chi connectivity index (χ1) is 9.51. The van der Waals surface area contributed by atoms with Crippen molar-refractivity contribution in [2.75, 3.05) is 0 Å². The molecular weight excluding hydrogens is 260 g/mol. The molecule has 0 aromatic heterocycles. The lowest BCUT2D eigenvalue weighted by Crippen LogP contribution is -2.12. The lowest BCUT2D eigenvalue weighted by molar-refractivity contribution is 0.1000. The van der Waals surface area contributed by atoms with Crippen molar-refractivity contribution in [1.29, 1.82) is 0 Å². The van der Waals surface area contributed by atoms with E-state index in [4.69, 9.17) is 5.73 Å². The second-order valence-electron chi connectivity index (χ2n) is 4.61. The molecule has 2 N–H and O–H groups in total. The van der Waals surface area contributed by atoms with Crippen molar-refractivity contribution >= 4 is 5.91 Å². The van der Waals surface area contributed by atoms with Crippen LogP contribution in [0.3, 0.4) is 0 Å². The number of amides is 1. The van der Waals surface area contributed by atoms with Gasteiger partial charge in [-0.3, -0.25) is 4.79 Å². The topological polar surface area (TPSA) is 43.1 Å². The highest BCUT2D eigenvalue weighted by atomic mass is 19.1. The summed E-state index contributed by atoms with van der Waals surface area (Å²) in [6.45, 7) is 1.94. The molecule has 0 spiro atoms. The van der Waals surface area contributed by atoms with E-state index in [0.717, 1.165) is 23.3 Å². The van der Waals surface area contributed by atoms with Crippen molar-refractivity contribution in [3.05, 3.63) is 70.3 Å². The maximum Gasteiger partial charge on any atom is 0.248 e. The third-order valence-corrected chi connectivity index (χ3v) is 3.26. The van der Waals surface area contributed by atoms with Crippen molar-refractivity contribution in [2.24, 2.45) is 5.73 Å². The van der Waals surface area contributed by atoms with Gasteiger partial charge in [0.15, 0.2) is 0 Å². The quantitative estimate of drug-likeness (QED) is 0.914. The van der Waals surface area contributed by atoms with Crippen molar-refractivity contribution in [3.8, 4) is 0 Å². The Morgan fingerprint density at radius 2 is 1.80 bits per heavy atom. The van der Waals surface area contributed by atoms with Crippen LogP contribution in [0.25, 0.3) is 0 Å². The second-order valence-corrected chi connectivity index (χ2v) is 4.61. The van der Waals surface area contributed by atoms with Crippen LogP contribution in [-0.4, -0.2) is 5.91 Å². The van der Waals surface area contributed by atoms with E-state index in [0.29, 0.717) is 17.5 Å². The molecule has 2 nitrogen and oxygen atoms in total. The average Bonchev–Trinajstić information content (AvgIpc) is 2.43. The Hall–Kier alpha value is -2.23. The molecule has 0 fully saturated rings. The minimum Gasteiger partial charge on any atom is -0.366 e. The number of nitrogens with two attached hydrogens (primary N) is 1. The van der Waals surface area contributed by atoms with E-state index in [9.17, 15) is 13.6 Å². The third-order valence-electron chi connectivity index (χ3n) is 3.26. The first-order valence-corrected chi connectivity index (χ1v) is 6.36. The van der Waals surface area contributed by atoms with Gasteiger partial charge < -0.3 is 5.73 Å². The van der Waals surface area contributed by atoms with Crippen LogP contribution in [0.4, 0.5) is 8.78 Å². The minimum atomic E-state index is -0.497. The minimum absolute atomic E-state index is 0.284. The molecule has 2 aromatic carbocycles. The molecule has 0 unspecified atom stereocenters. The molecule has 0 saturated carbocycles. The van der Waals surface area contributed by atoms with Crippen LogP contribution >= 0.6 is 0 Å². The molecule has 20 heavy (non-hydrogen) atoms. The predicted molar refractivity (Wildman–Crippen MR) is 73.5 cm³/mol. The molecule has 0 aliphatic carbocycles. The lowest BCUT2D eigenvalue weighted by Gasteiger charge is -2.10. The van der Waals surface area contributed by atoms with Crippen LogP contribution in [0.15, 0.2) is 36.4 Å². The number of aryl methyl sites for hydroxylation is 1. The van der Waals surface area contributed by atoms with E-state index < -0.39 is 17.5 Å². The second kappa shape index (κ2) is 5.82. The fraction of sp³-hybridized carbons (Fsp3) is 0.188. The van der Waals surface area contributed by atoms with Crippen LogP contribution in [-0.2, 0) is 12.8 Å². The molecule has 2 rings (SSSR count). The summed E-state index contributed by atoms with van der Waals surface area (Å²) in [4.78, 5) is 11.2. The van der Waals surface area contributed by atoms with E-state index >= 15 is 0 Å².